The van der Waals surface area contributed by atoms with Gasteiger partial charge >= 0.3 is 0 Å². The van der Waals surface area contributed by atoms with Gasteiger partial charge in [0.2, 0.25) is 0 Å². The third-order valence-electron chi connectivity index (χ3n) is 3.73. The molecule has 0 spiro atoms. The molecule has 1 aromatic rings. The third kappa shape index (κ3) is 5.25. The van der Waals surface area contributed by atoms with Crippen LogP contribution in [0.15, 0.2) is 28.7 Å². The second kappa shape index (κ2) is 8.03. The highest BCUT2D eigenvalue weighted by atomic mass is 79.9. The molecule has 2 nitrogen and oxygen atoms in total. The molecule has 2 atom stereocenters. The molecular weight excluding hydrogens is 302 g/mol. The predicted octanol–water partition coefficient (Wildman–Crippen LogP) is 3.93. The van der Waals surface area contributed by atoms with Crippen LogP contribution in [0.2, 0.25) is 0 Å². The number of ether oxygens (including phenoxy) is 1. The van der Waals surface area contributed by atoms with Crippen molar-refractivity contribution < 1.29 is 4.74 Å². The summed E-state index contributed by atoms with van der Waals surface area (Å²) in [7, 11) is 0. The zero-order valence-electron chi connectivity index (χ0n) is 11.7. The van der Waals surface area contributed by atoms with Gasteiger partial charge in [0, 0.05) is 17.1 Å². The molecule has 2 rings (SSSR count). The van der Waals surface area contributed by atoms with Crippen LogP contribution in [0.25, 0.3) is 0 Å². The summed E-state index contributed by atoms with van der Waals surface area (Å²) in [5.74, 6) is 0. The van der Waals surface area contributed by atoms with Crippen LogP contribution < -0.4 is 5.32 Å². The molecule has 1 fully saturated rings. The molecule has 3 heteroatoms. The highest BCUT2D eigenvalue weighted by Crippen LogP contribution is 2.19. The van der Waals surface area contributed by atoms with Crippen molar-refractivity contribution in [1.82, 2.24) is 5.32 Å². The molecule has 1 heterocycles. The molecule has 1 aromatic carbocycles. The van der Waals surface area contributed by atoms with E-state index in [-0.39, 0.29) is 0 Å². The number of nitrogens with one attached hydrogen (secondary N) is 1. The number of hydrogen-bond donors (Lipinski definition) is 1. The van der Waals surface area contributed by atoms with Crippen LogP contribution in [-0.2, 0) is 11.2 Å². The lowest BCUT2D eigenvalue weighted by molar-refractivity contribution is 0.0996. The summed E-state index contributed by atoms with van der Waals surface area (Å²) in [6.45, 7) is 4.17. The Kier molecular flexibility index (Phi) is 6.35. The van der Waals surface area contributed by atoms with Gasteiger partial charge < -0.3 is 10.1 Å². The molecule has 0 radical (unpaired) electrons. The number of benzene rings is 1. The molecule has 19 heavy (non-hydrogen) atoms. The van der Waals surface area contributed by atoms with Gasteiger partial charge in [-0.15, -0.1) is 0 Å². The zero-order valence-corrected chi connectivity index (χ0v) is 13.3. The molecule has 0 saturated carbocycles. The molecule has 2 unspecified atom stereocenters. The Morgan fingerprint density at radius 2 is 2.37 bits per heavy atom. The fraction of sp³-hybridized carbons (Fsp3) is 0.625. The minimum absolute atomic E-state index is 0.503. The van der Waals surface area contributed by atoms with Gasteiger partial charge in [-0.2, -0.15) is 0 Å². The van der Waals surface area contributed by atoms with Gasteiger partial charge in [0.1, 0.15) is 0 Å². The summed E-state index contributed by atoms with van der Waals surface area (Å²) in [5, 5.41) is 3.60. The second-order valence-corrected chi connectivity index (χ2v) is 6.22. The van der Waals surface area contributed by atoms with Gasteiger partial charge in [-0.1, -0.05) is 35.0 Å². The van der Waals surface area contributed by atoms with Gasteiger partial charge in [0.05, 0.1) is 6.10 Å². The average Bonchev–Trinajstić information content (AvgIpc) is 2.89. The molecule has 0 bridgehead atoms. The number of likely N-dealkylation sites (N-methyl/N-ethyl adjacent to an activating group) is 1. The number of hydrogen-bond acceptors (Lipinski definition) is 2. The van der Waals surface area contributed by atoms with Gasteiger partial charge in [0.25, 0.3) is 0 Å². The van der Waals surface area contributed by atoms with E-state index in [0.717, 1.165) is 19.6 Å². The first kappa shape index (κ1) is 15.0. The first-order valence-electron chi connectivity index (χ1n) is 7.37. The Labute approximate surface area is 125 Å². The van der Waals surface area contributed by atoms with E-state index in [1.54, 1.807) is 0 Å². The molecular formula is C16H24BrNO. The molecule has 0 aromatic heterocycles. The third-order valence-corrected chi connectivity index (χ3v) is 4.22. The van der Waals surface area contributed by atoms with Crippen molar-refractivity contribution in [2.75, 3.05) is 13.2 Å². The van der Waals surface area contributed by atoms with Crippen molar-refractivity contribution >= 4 is 15.9 Å². The number of halogens is 1. The Hall–Kier alpha value is -0.380. The van der Waals surface area contributed by atoms with Crippen LogP contribution in [0.4, 0.5) is 0 Å². The molecule has 1 N–H and O–H groups in total. The summed E-state index contributed by atoms with van der Waals surface area (Å²) in [5.41, 5.74) is 1.40. The zero-order chi connectivity index (χ0) is 13.5. The molecule has 0 amide bonds. The Morgan fingerprint density at radius 1 is 1.47 bits per heavy atom. The quantitative estimate of drug-likeness (QED) is 0.820. The normalized spacial score (nSPS) is 20.6. The van der Waals surface area contributed by atoms with Crippen LogP contribution in [-0.4, -0.2) is 25.3 Å². The van der Waals surface area contributed by atoms with E-state index >= 15 is 0 Å². The SMILES string of the molecule is CCNC(CCC1CCCO1)Cc1cccc(Br)c1. The smallest absolute Gasteiger partial charge is 0.0576 e. The van der Waals surface area contributed by atoms with E-state index in [2.05, 4.69) is 52.4 Å². The van der Waals surface area contributed by atoms with Crippen molar-refractivity contribution in [2.45, 2.75) is 51.2 Å². The molecule has 1 aliphatic heterocycles. The van der Waals surface area contributed by atoms with Crippen molar-refractivity contribution in [3.05, 3.63) is 34.3 Å². The minimum atomic E-state index is 0.503. The van der Waals surface area contributed by atoms with Crippen molar-refractivity contribution in [2.24, 2.45) is 0 Å². The standard InChI is InChI=1S/C16H24BrNO/c1-2-18-15(8-9-16-7-4-10-19-16)12-13-5-3-6-14(17)11-13/h3,5-6,11,15-16,18H,2,4,7-10,12H2,1H3. The number of rotatable bonds is 7. The molecule has 106 valence electrons. The summed E-state index contributed by atoms with van der Waals surface area (Å²) in [6, 6.07) is 9.18. The van der Waals surface area contributed by atoms with E-state index in [4.69, 9.17) is 4.74 Å². The molecule has 0 aliphatic carbocycles. The van der Waals surface area contributed by atoms with Gasteiger partial charge in [0.15, 0.2) is 0 Å². The van der Waals surface area contributed by atoms with E-state index in [0.29, 0.717) is 12.1 Å². The van der Waals surface area contributed by atoms with Crippen LogP contribution in [0, 0.1) is 0 Å². The fourth-order valence-electron chi connectivity index (χ4n) is 2.77. The van der Waals surface area contributed by atoms with E-state index in [1.165, 1.54) is 35.7 Å². The first-order chi connectivity index (χ1) is 9.28. The van der Waals surface area contributed by atoms with Gasteiger partial charge in [-0.3, -0.25) is 0 Å². The van der Waals surface area contributed by atoms with E-state index in [9.17, 15) is 0 Å². The summed E-state index contributed by atoms with van der Waals surface area (Å²) in [6.07, 6.45) is 6.47. The van der Waals surface area contributed by atoms with Gasteiger partial charge in [-0.05, 0) is 56.3 Å². The van der Waals surface area contributed by atoms with Crippen molar-refractivity contribution in [3.63, 3.8) is 0 Å². The van der Waals surface area contributed by atoms with Crippen molar-refractivity contribution in [1.29, 1.82) is 0 Å². The average molecular weight is 326 g/mol. The molecule has 1 saturated heterocycles. The van der Waals surface area contributed by atoms with Crippen LogP contribution in [0.3, 0.4) is 0 Å². The topological polar surface area (TPSA) is 21.3 Å². The summed E-state index contributed by atoms with van der Waals surface area (Å²) < 4.78 is 6.88. The second-order valence-electron chi connectivity index (χ2n) is 5.30. The van der Waals surface area contributed by atoms with E-state index in [1.807, 2.05) is 0 Å². The Bertz CT molecular complexity index is 377. The van der Waals surface area contributed by atoms with Crippen LogP contribution in [0.5, 0.6) is 0 Å². The summed E-state index contributed by atoms with van der Waals surface area (Å²) in [4.78, 5) is 0. The molecule has 1 aliphatic rings. The highest BCUT2D eigenvalue weighted by Gasteiger charge is 2.17. The lowest BCUT2D eigenvalue weighted by Crippen LogP contribution is -2.32. The summed E-state index contributed by atoms with van der Waals surface area (Å²) >= 11 is 3.54. The maximum Gasteiger partial charge on any atom is 0.0576 e. The first-order valence-corrected chi connectivity index (χ1v) is 8.16. The Morgan fingerprint density at radius 3 is 3.05 bits per heavy atom. The Balaban J connectivity index is 1.84. The maximum atomic E-state index is 5.72. The highest BCUT2D eigenvalue weighted by molar-refractivity contribution is 9.10. The van der Waals surface area contributed by atoms with E-state index < -0.39 is 0 Å². The monoisotopic (exact) mass is 325 g/mol. The van der Waals surface area contributed by atoms with Gasteiger partial charge in [-0.25, -0.2) is 0 Å². The fourth-order valence-corrected chi connectivity index (χ4v) is 3.22. The predicted molar refractivity (Wildman–Crippen MR) is 83.5 cm³/mol. The lowest BCUT2D eigenvalue weighted by atomic mass is 9.99. The largest absolute Gasteiger partial charge is 0.378 e. The minimum Gasteiger partial charge on any atom is -0.378 e. The maximum absolute atomic E-state index is 5.72. The lowest BCUT2D eigenvalue weighted by Gasteiger charge is -2.20. The van der Waals surface area contributed by atoms with Crippen LogP contribution >= 0.6 is 15.9 Å². The van der Waals surface area contributed by atoms with Crippen molar-refractivity contribution in [3.8, 4) is 0 Å². The van der Waals surface area contributed by atoms with Crippen LogP contribution in [0.1, 0.15) is 38.2 Å².